The standard InChI is InChI=1S/C12H5Br2F7O2.Na/c13-6-1-5(2-7(14)3-6)8(22)4-9(23)10(15,16)11(17,18)12(19,20)21;/h1-4,22H;/q;+1/p-1/b8-4-;. The maximum Gasteiger partial charge on any atom is 1.00 e. The average molecular weight is 496 g/mol. The van der Waals surface area contributed by atoms with E-state index in [1.54, 1.807) is 0 Å². The van der Waals surface area contributed by atoms with Crippen molar-refractivity contribution in [2.45, 2.75) is 18.0 Å². The van der Waals surface area contributed by atoms with Gasteiger partial charge >= 0.3 is 47.6 Å². The Morgan fingerprint density at radius 3 is 1.75 bits per heavy atom. The summed E-state index contributed by atoms with van der Waals surface area (Å²) in [5, 5.41) is 11.6. The minimum atomic E-state index is -6.65. The van der Waals surface area contributed by atoms with Crippen molar-refractivity contribution < 1.29 is 70.2 Å². The van der Waals surface area contributed by atoms with E-state index < -0.39 is 35.6 Å². The topological polar surface area (TPSA) is 40.1 Å². The molecule has 0 aliphatic carbocycles. The third-order valence-electron chi connectivity index (χ3n) is 2.47. The molecule has 1 aromatic carbocycles. The average Bonchev–Trinajstić information content (AvgIpc) is 2.35. The van der Waals surface area contributed by atoms with E-state index >= 15 is 0 Å². The number of ketones is 1. The molecule has 0 aliphatic rings. The van der Waals surface area contributed by atoms with Gasteiger partial charge in [-0.3, -0.25) is 4.79 Å². The molecule has 0 aliphatic heterocycles. The van der Waals surface area contributed by atoms with E-state index in [4.69, 9.17) is 0 Å². The van der Waals surface area contributed by atoms with Crippen molar-refractivity contribution in [3.05, 3.63) is 38.8 Å². The second-order valence-electron chi connectivity index (χ2n) is 4.18. The van der Waals surface area contributed by atoms with Gasteiger partial charge in [0.05, 0.1) is 0 Å². The molecule has 1 aromatic rings. The SMILES string of the molecule is O=C(/C=C(\[O-])c1cc(Br)cc(Br)c1)C(F)(F)C(F)(F)C(F)(F)F.[Na+]. The predicted octanol–water partition coefficient (Wildman–Crippen LogP) is 1.32. The molecule has 0 spiro atoms. The Morgan fingerprint density at radius 2 is 1.38 bits per heavy atom. The molecule has 0 radical (unpaired) electrons. The van der Waals surface area contributed by atoms with Gasteiger partial charge in [-0.15, -0.1) is 0 Å². The molecular formula is C12H4Br2F7NaO2. The summed E-state index contributed by atoms with van der Waals surface area (Å²) in [5.74, 6) is -17.1. The van der Waals surface area contributed by atoms with Gasteiger partial charge in [0.2, 0.25) is 5.78 Å². The first-order chi connectivity index (χ1) is 10.2. The molecular weight excluding hydrogens is 492 g/mol. The van der Waals surface area contributed by atoms with Gasteiger partial charge in [-0.05, 0) is 29.8 Å². The Morgan fingerprint density at radius 1 is 0.958 bits per heavy atom. The molecule has 0 bridgehead atoms. The number of benzene rings is 1. The van der Waals surface area contributed by atoms with Crippen molar-refractivity contribution in [3.63, 3.8) is 0 Å². The van der Waals surface area contributed by atoms with Gasteiger partial charge in [0.25, 0.3) is 0 Å². The van der Waals surface area contributed by atoms with E-state index in [1.807, 2.05) is 0 Å². The van der Waals surface area contributed by atoms with Crippen LogP contribution in [-0.2, 0) is 4.79 Å². The summed E-state index contributed by atoms with van der Waals surface area (Å²) in [6.45, 7) is 0. The van der Waals surface area contributed by atoms with E-state index in [9.17, 15) is 40.6 Å². The van der Waals surface area contributed by atoms with E-state index in [0.717, 1.165) is 12.1 Å². The first-order valence-electron chi connectivity index (χ1n) is 5.42. The summed E-state index contributed by atoms with van der Waals surface area (Å²) in [6, 6.07) is 3.57. The largest absolute Gasteiger partial charge is 1.00 e. The van der Waals surface area contributed by atoms with Crippen molar-refractivity contribution in [1.82, 2.24) is 0 Å². The maximum atomic E-state index is 13.1. The summed E-state index contributed by atoms with van der Waals surface area (Å²) >= 11 is 5.89. The van der Waals surface area contributed by atoms with Crippen molar-refractivity contribution in [3.8, 4) is 0 Å². The normalized spacial score (nSPS) is 13.5. The molecule has 0 amide bonds. The molecule has 2 nitrogen and oxygen atoms in total. The number of carbonyl (C=O) groups excluding carboxylic acids is 1. The molecule has 0 N–H and O–H groups in total. The van der Waals surface area contributed by atoms with Crippen LogP contribution in [0, 0.1) is 0 Å². The fourth-order valence-electron chi connectivity index (χ4n) is 1.32. The molecule has 12 heteroatoms. The molecule has 1 rings (SSSR count). The second kappa shape index (κ2) is 8.07. The fourth-order valence-corrected chi connectivity index (χ4v) is 2.62. The van der Waals surface area contributed by atoms with Crippen molar-refractivity contribution >= 4 is 43.4 Å². The number of rotatable bonds is 4. The Balaban J connectivity index is 0.00000529. The third kappa shape index (κ3) is 4.96. The first-order valence-corrected chi connectivity index (χ1v) is 7.00. The number of hydrogen-bond acceptors (Lipinski definition) is 2. The molecule has 0 saturated carbocycles. The molecule has 0 atom stereocenters. The summed E-state index contributed by atoms with van der Waals surface area (Å²) in [7, 11) is 0. The third-order valence-corrected chi connectivity index (χ3v) is 3.38. The van der Waals surface area contributed by atoms with Crippen LogP contribution in [0.4, 0.5) is 30.7 Å². The van der Waals surface area contributed by atoms with Crippen LogP contribution in [-0.4, -0.2) is 23.8 Å². The van der Waals surface area contributed by atoms with Gasteiger partial charge in [0.1, 0.15) is 0 Å². The quantitative estimate of drug-likeness (QED) is 0.274. The Labute approximate surface area is 169 Å². The molecule has 24 heavy (non-hydrogen) atoms. The fraction of sp³-hybridized carbons (Fsp3) is 0.250. The molecule has 0 heterocycles. The van der Waals surface area contributed by atoms with E-state index in [1.165, 1.54) is 6.07 Å². The molecule has 0 saturated heterocycles. The molecule has 0 aromatic heterocycles. The Kier molecular flexibility index (Phi) is 8.03. The van der Waals surface area contributed by atoms with Gasteiger partial charge in [0.15, 0.2) is 0 Å². The number of allylic oxidation sites excluding steroid dienone is 1. The van der Waals surface area contributed by atoms with E-state index in [-0.39, 0.29) is 44.1 Å². The van der Waals surface area contributed by atoms with Crippen LogP contribution in [0.3, 0.4) is 0 Å². The number of hydrogen-bond donors (Lipinski definition) is 0. The van der Waals surface area contributed by atoms with Gasteiger partial charge in [-0.2, -0.15) is 30.7 Å². The summed E-state index contributed by atoms with van der Waals surface area (Å²) in [5.41, 5.74) is -0.370. The minimum absolute atomic E-state index is 0. The number of carbonyl (C=O) groups is 1. The van der Waals surface area contributed by atoms with Gasteiger partial charge in [0, 0.05) is 8.95 Å². The second-order valence-corrected chi connectivity index (χ2v) is 6.01. The molecule has 128 valence electrons. The Hall–Kier alpha value is -0.100. The summed E-state index contributed by atoms with van der Waals surface area (Å²) in [4.78, 5) is 11.1. The van der Waals surface area contributed by atoms with Gasteiger partial charge in [-0.25, -0.2) is 0 Å². The van der Waals surface area contributed by atoms with Crippen LogP contribution < -0.4 is 34.7 Å². The van der Waals surface area contributed by atoms with Crippen molar-refractivity contribution in [1.29, 1.82) is 0 Å². The summed E-state index contributed by atoms with van der Waals surface area (Å²) < 4.78 is 88.1. The van der Waals surface area contributed by atoms with Gasteiger partial charge in [-0.1, -0.05) is 37.6 Å². The van der Waals surface area contributed by atoms with Gasteiger partial charge < -0.3 is 5.11 Å². The zero-order valence-electron chi connectivity index (χ0n) is 11.5. The van der Waals surface area contributed by atoms with E-state index in [0.29, 0.717) is 0 Å². The number of alkyl halides is 7. The van der Waals surface area contributed by atoms with E-state index in [2.05, 4.69) is 31.9 Å². The van der Waals surface area contributed by atoms with Crippen LogP contribution in [0.2, 0.25) is 0 Å². The summed E-state index contributed by atoms with van der Waals surface area (Å²) in [6.07, 6.45) is -7.14. The zero-order chi connectivity index (χ0) is 18.2. The maximum absolute atomic E-state index is 13.1. The molecule has 0 unspecified atom stereocenters. The minimum Gasteiger partial charge on any atom is -0.872 e. The van der Waals surface area contributed by atoms with Crippen LogP contribution in [0.25, 0.3) is 5.76 Å². The monoisotopic (exact) mass is 494 g/mol. The first kappa shape index (κ1) is 23.9. The van der Waals surface area contributed by atoms with Crippen LogP contribution in [0.1, 0.15) is 5.56 Å². The van der Waals surface area contributed by atoms with Crippen LogP contribution >= 0.6 is 31.9 Å². The number of halogens is 9. The molecule has 0 fully saturated rings. The predicted molar refractivity (Wildman–Crippen MR) is 70.8 cm³/mol. The van der Waals surface area contributed by atoms with Crippen LogP contribution in [0.15, 0.2) is 33.2 Å². The zero-order valence-corrected chi connectivity index (χ0v) is 16.7. The van der Waals surface area contributed by atoms with Crippen molar-refractivity contribution in [2.75, 3.05) is 0 Å². The van der Waals surface area contributed by atoms with Crippen molar-refractivity contribution in [2.24, 2.45) is 0 Å². The smallest absolute Gasteiger partial charge is 0.872 e. The Bertz CT molecular complexity index is 639. The van der Waals surface area contributed by atoms with Crippen LogP contribution in [0.5, 0.6) is 0 Å².